The maximum Gasteiger partial charge on any atom is 0.417 e. The third kappa shape index (κ3) is 4.51. The maximum absolute atomic E-state index is 14.3. The zero-order valence-corrected chi connectivity index (χ0v) is 21.0. The summed E-state index contributed by atoms with van der Waals surface area (Å²) in [5.74, 6) is -0.323. The first-order chi connectivity index (χ1) is 15.7. The Morgan fingerprint density at radius 2 is 1.59 bits per heavy atom. The first-order valence-corrected chi connectivity index (χ1v) is 12.5. The average molecular weight is 490 g/mol. The molecule has 0 aromatic heterocycles. The maximum atomic E-state index is 14.3. The molecule has 2 aliphatic rings. The summed E-state index contributed by atoms with van der Waals surface area (Å²) in [4.78, 5) is 23.4. The van der Waals surface area contributed by atoms with Gasteiger partial charge in [-0.1, -0.05) is 64.6 Å². The minimum absolute atomic E-state index is 0.212. The molecule has 1 aliphatic carbocycles. The molecule has 0 radical (unpaired) electrons. The van der Waals surface area contributed by atoms with Gasteiger partial charge in [0.15, 0.2) is 0 Å². The second-order valence-corrected chi connectivity index (χ2v) is 11.8. The molecule has 0 bridgehead atoms. The molecule has 7 heteroatoms. The lowest BCUT2D eigenvalue weighted by atomic mass is 9.62. The van der Waals surface area contributed by atoms with E-state index in [9.17, 15) is 22.8 Å². The summed E-state index contributed by atoms with van der Waals surface area (Å²) < 4.78 is 43.0. The number of fused-ring (bicyclic) bond motifs is 1. The fraction of sp³-hybridized carbons (Fsp3) is 0.481. The van der Waals surface area contributed by atoms with Crippen LogP contribution in [0.25, 0.3) is 11.1 Å². The van der Waals surface area contributed by atoms with Gasteiger partial charge in [0.25, 0.3) is 5.24 Å². The summed E-state index contributed by atoms with van der Waals surface area (Å²) in [7, 11) is 0. The topological polar surface area (TPSA) is 46.2 Å². The number of carbonyl (C=O) groups is 2. The highest BCUT2D eigenvalue weighted by atomic mass is 32.2. The molecule has 4 rings (SSSR count). The Hall–Kier alpha value is -2.28. The lowest BCUT2D eigenvalue weighted by molar-refractivity contribution is -0.137. The normalized spacial score (nSPS) is 21.4. The predicted octanol–water partition coefficient (Wildman–Crippen LogP) is 7.18. The fourth-order valence-corrected chi connectivity index (χ4v) is 6.00. The van der Waals surface area contributed by atoms with Crippen molar-refractivity contribution in [3.8, 4) is 11.1 Å². The zero-order valence-electron chi connectivity index (χ0n) is 20.2. The van der Waals surface area contributed by atoms with Crippen LogP contribution in [0.3, 0.4) is 0 Å². The van der Waals surface area contributed by atoms with Gasteiger partial charge in [-0.25, -0.2) is 0 Å². The highest BCUT2D eigenvalue weighted by Crippen LogP contribution is 2.50. The summed E-state index contributed by atoms with van der Waals surface area (Å²) in [5.41, 5.74) is 3.04. The number of alkyl halides is 3. The Morgan fingerprint density at radius 3 is 2.12 bits per heavy atom. The lowest BCUT2D eigenvalue weighted by Gasteiger charge is -2.42. The Kier molecular flexibility index (Phi) is 6.16. The van der Waals surface area contributed by atoms with E-state index >= 15 is 0 Å². The number of hydrogen-bond donors (Lipinski definition) is 1. The van der Waals surface area contributed by atoms with Crippen molar-refractivity contribution >= 4 is 22.9 Å². The third-order valence-electron chi connectivity index (χ3n) is 7.33. The second-order valence-electron chi connectivity index (χ2n) is 10.6. The van der Waals surface area contributed by atoms with Gasteiger partial charge >= 0.3 is 6.18 Å². The molecule has 0 spiro atoms. The number of carbonyl (C=O) groups excluding carboxylic acids is 2. The molecule has 34 heavy (non-hydrogen) atoms. The van der Waals surface area contributed by atoms with Crippen molar-refractivity contribution in [3.05, 3.63) is 58.1 Å². The van der Waals surface area contributed by atoms with E-state index in [0.717, 1.165) is 46.9 Å². The number of imide groups is 1. The molecule has 1 unspecified atom stereocenters. The van der Waals surface area contributed by atoms with Crippen molar-refractivity contribution in [2.45, 2.75) is 82.6 Å². The van der Waals surface area contributed by atoms with E-state index in [2.05, 4.69) is 19.2 Å². The van der Waals surface area contributed by atoms with Crippen LogP contribution in [0, 0.1) is 0 Å². The van der Waals surface area contributed by atoms with Crippen LogP contribution in [0.1, 0.15) is 75.3 Å². The van der Waals surface area contributed by atoms with Gasteiger partial charge in [0.1, 0.15) is 0 Å². The molecular weight excluding hydrogens is 459 g/mol. The zero-order chi connectivity index (χ0) is 25.1. The van der Waals surface area contributed by atoms with Crippen LogP contribution in [-0.4, -0.2) is 16.4 Å². The Morgan fingerprint density at radius 1 is 0.971 bits per heavy atom. The summed E-state index contributed by atoms with van der Waals surface area (Å²) in [6.45, 7) is 10.2. The Bertz CT molecular complexity index is 1170. The van der Waals surface area contributed by atoms with Gasteiger partial charge in [0, 0.05) is 0 Å². The van der Waals surface area contributed by atoms with Crippen LogP contribution in [0.5, 0.6) is 0 Å². The lowest BCUT2D eigenvalue weighted by Crippen LogP contribution is -2.34. The molecule has 1 saturated heterocycles. The SMILES string of the molecule is CCc1cc(CC2SC(=O)NC2=O)ccc1-c1cc2c(cc1C(F)(F)F)C(C)(C)CCC2(C)C. The van der Waals surface area contributed by atoms with E-state index in [0.29, 0.717) is 18.4 Å². The summed E-state index contributed by atoms with van der Waals surface area (Å²) in [5, 5.41) is 1.40. The van der Waals surface area contributed by atoms with Gasteiger partial charge in [-0.3, -0.25) is 14.9 Å². The van der Waals surface area contributed by atoms with Gasteiger partial charge in [-0.15, -0.1) is 0 Å². The molecule has 2 aromatic rings. The molecule has 2 aromatic carbocycles. The summed E-state index contributed by atoms with van der Waals surface area (Å²) in [6, 6.07) is 8.54. The number of nitrogens with one attached hydrogen (secondary N) is 1. The highest BCUT2D eigenvalue weighted by molar-refractivity contribution is 8.15. The molecular formula is C27H30F3NO2S. The molecule has 0 saturated carbocycles. The molecule has 1 fully saturated rings. The van der Waals surface area contributed by atoms with Crippen LogP contribution in [0.4, 0.5) is 18.0 Å². The summed E-state index contributed by atoms with van der Waals surface area (Å²) in [6.07, 6.45) is -1.82. The van der Waals surface area contributed by atoms with Crippen molar-refractivity contribution in [3.63, 3.8) is 0 Å². The van der Waals surface area contributed by atoms with E-state index in [-0.39, 0.29) is 27.5 Å². The number of thioether (sulfide) groups is 1. The van der Waals surface area contributed by atoms with Crippen molar-refractivity contribution in [2.24, 2.45) is 0 Å². The molecule has 1 heterocycles. The van der Waals surface area contributed by atoms with Crippen LogP contribution in [0.15, 0.2) is 30.3 Å². The molecule has 1 atom stereocenters. The minimum atomic E-state index is -4.48. The van der Waals surface area contributed by atoms with Crippen LogP contribution >= 0.6 is 11.8 Å². The van der Waals surface area contributed by atoms with E-state index in [1.165, 1.54) is 6.07 Å². The smallest absolute Gasteiger partial charge is 0.286 e. The Balaban J connectivity index is 1.85. The Labute approximate surface area is 202 Å². The fourth-order valence-electron chi connectivity index (χ4n) is 5.14. The first kappa shape index (κ1) is 24.8. The van der Waals surface area contributed by atoms with Gasteiger partial charge in [0.05, 0.1) is 10.8 Å². The number of amides is 2. The highest BCUT2D eigenvalue weighted by Gasteiger charge is 2.42. The van der Waals surface area contributed by atoms with E-state index in [1.54, 1.807) is 18.2 Å². The first-order valence-electron chi connectivity index (χ1n) is 11.6. The number of aryl methyl sites for hydroxylation is 1. The number of hydrogen-bond acceptors (Lipinski definition) is 3. The van der Waals surface area contributed by atoms with Crippen LogP contribution < -0.4 is 5.32 Å². The van der Waals surface area contributed by atoms with Crippen molar-refractivity contribution in [2.75, 3.05) is 0 Å². The van der Waals surface area contributed by atoms with Gasteiger partial charge in [0.2, 0.25) is 5.91 Å². The van der Waals surface area contributed by atoms with Crippen molar-refractivity contribution in [1.29, 1.82) is 0 Å². The largest absolute Gasteiger partial charge is 0.417 e. The monoisotopic (exact) mass is 489 g/mol. The molecule has 182 valence electrons. The molecule has 1 aliphatic heterocycles. The number of halogens is 3. The minimum Gasteiger partial charge on any atom is -0.286 e. The van der Waals surface area contributed by atoms with E-state index in [1.807, 2.05) is 26.8 Å². The van der Waals surface area contributed by atoms with Crippen molar-refractivity contribution < 1.29 is 22.8 Å². The predicted molar refractivity (Wildman–Crippen MR) is 130 cm³/mol. The van der Waals surface area contributed by atoms with Gasteiger partial charge < -0.3 is 0 Å². The number of benzene rings is 2. The van der Waals surface area contributed by atoms with Crippen LogP contribution in [0.2, 0.25) is 0 Å². The van der Waals surface area contributed by atoms with Crippen LogP contribution in [-0.2, 0) is 34.6 Å². The van der Waals surface area contributed by atoms with Crippen molar-refractivity contribution in [1.82, 2.24) is 5.32 Å². The number of rotatable bonds is 4. The summed E-state index contributed by atoms with van der Waals surface area (Å²) >= 11 is 0.955. The van der Waals surface area contributed by atoms with E-state index < -0.39 is 17.0 Å². The standard InChI is InChI=1S/C27H30F3NO2S/c1-6-16-11-15(12-22-23(32)31-24(33)34-22)7-8-17(16)18-13-20-21(14-19(18)27(28,29)30)26(4,5)10-9-25(20,2)3/h7-8,11,13-14,22H,6,9-10,12H2,1-5H3,(H,31,32,33). The van der Waals surface area contributed by atoms with Gasteiger partial charge in [-0.05, 0) is 82.0 Å². The van der Waals surface area contributed by atoms with E-state index in [4.69, 9.17) is 0 Å². The second kappa shape index (κ2) is 8.43. The molecule has 2 amide bonds. The average Bonchev–Trinajstić information content (AvgIpc) is 3.06. The molecule has 3 nitrogen and oxygen atoms in total. The third-order valence-corrected chi connectivity index (χ3v) is 8.31. The quantitative estimate of drug-likeness (QED) is 0.495. The van der Waals surface area contributed by atoms with Gasteiger partial charge in [-0.2, -0.15) is 13.2 Å². The molecule has 1 N–H and O–H groups in total.